The van der Waals surface area contributed by atoms with E-state index >= 15 is 0 Å². The molecular formula is C12H13N5O2S. The second-order valence-electron chi connectivity index (χ2n) is 3.81. The average Bonchev–Trinajstić information content (AvgIpc) is 2.83. The van der Waals surface area contributed by atoms with Gasteiger partial charge in [0.15, 0.2) is 5.03 Å². The summed E-state index contributed by atoms with van der Waals surface area (Å²) in [4.78, 5) is 4.09. The monoisotopic (exact) mass is 291 g/mol. The molecule has 0 saturated heterocycles. The first kappa shape index (κ1) is 14.0. The van der Waals surface area contributed by atoms with Crippen molar-refractivity contribution >= 4 is 15.8 Å². The topological polar surface area (TPSA) is 103 Å². The van der Waals surface area contributed by atoms with E-state index in [0.717, 1.165) is 0 Å². The molecule has 0 saturated carbocycles. The summed E-state index contributed by atoms with van der Waals surface area (Å²) in [6.07, 6.45) is 1.41. The number of aromatic nitrogens is 3. The molecule has 0 spiro atoms. The Balaban J connectivity index is 2.28. The van der Waals surface area contributed by atoms with Crippen LogP contribution in [0.2, 0.25) is 0 Å². The number of nitrogens with one attached hydrogen (secondary N) is 1. The van der Waals surface area contributed by atoms with Crippen molar-refractivity contribution in [2.75, 3.05) is 11.3 Å². The SMILES string of the molecule is Cn1nccc1S(=O)(=O)Nc1cccc(C#CCN)n1. The Morgan fingerprint density at radius 2 is 2.20 bits per heavy atom. The molecule has 0 fully saturated rings. The van der Waals surface area contributed by atoms with Gasteiger partial charge in [-0.1, -0.05) is 12.0 Å². The Morgan fingerprint density at radius 1 is 1.40 bits per heavy atom. The lowest BCUT2D eigenvalue weighted by atomic mass is 10.3. The third-order valence-corrected chi connectivity index (χ3v) is 3.79. The Kier molecular flexibility index (Phi) is 4.02. The van der Waals surface area contributed by atoms with E-state index in [9.17, 15) is 8.42 Å². The third-order valence-electron chi connectivity index (χ3n) is 2.36. The molecule has 104 valence electrons. The van der Waals surface area contributed by atoms with Crippen LogP contribution in [-0.4, -0.2) is 29.7 Å². The number of hydrogen-bond acceptors (Lipinski definition) is 5. The van der Waals surface area contributed by atoms with Crippen molar-refractivity contribution in [3.63, 3.8) is 0 Å². The molecule has 0 bridgehead atoms. The van der Waals surface area contributed by atoms with E-state index in [-0.39, 0.29) is 17.4 Å². The zero-order valence-electron chi connectivity index (χ0n) is 10.7. The molecule has 0 aromatic carbocycles. The number of rotatable bonds is 3. The summed E-state index contributed by atoms with van der Waals surface area (Å²) in [7, 11) is -2.18. The molecule has 0 amide bonds. The largest absolute Gasteiger partial charge is 0.320 e. The second kappa shape index (κ2) is 5.73. The van der Waals surface area contributed by atoms with Gasteiger partial charge in [-0.25, -0.2) is 4.98 Å². The lowest BCUT2D eigenvalue weighted by Crippen LogP contribution is -2.17. The fourth-order valence-electron chi connectivity index (χ4n) is 1.52. The smallest absolute Gasteiger partial charge is 0.280 e. The highest BCUT2D eigenvalue weighted by Gasteiger charge is 2.18. The van der Waals surface area contributed by atoms with Crippen molar-refractivity contribution in [3.05, 3.63) is 36.2 Å². The molecule has 2 aromatic rings. The van der Waals surface area contributed by atoms with Gasteiger partial charge in [0.1, 0.15) is 11.5 Å². The van der Waals surface area contributed by atoms with Crippen molar-refractivity contribution in [3.8, 4) is 11.8 Å². The molecule has 2 heterocycles. The minimum absolute atomic E-state index is 0.0535. The number of nitrogens with two attached hydrogens (primary N) is 1. The Morgan fingerprint density at radius 3 is 2.85 bits per heavy atom. The van der Waals surface area contributed by atoms with Gasteiger partial charge in [0.05, 0.1) is 12.7 Å². The predicted molar refractivity (Wildman–Crippen MR) is 74.2 cm³/mol. The lowest BCUT2D eigenvalue weighted by Gasteiger charge is -2.07. The summed E-state index contributed by atoms with van der Waals surface area (Å²) in [5, 5.41) is 3.88. The van der Waals surface area contributed by atoms with E-state index in [1.165, 1.54) is 16.9 Å². The van der Waals surface area contributed by atoms with Gasteiger partial charge in [-0.3, -0.25) is 9.40 Å². The highest BCUT2D eigenvalue weighted by atomic mass is 32.2. The summed E-state index contributed by atoms with van der Waals surface area (Å²) in [5.74, 6) is 5.58. The van der Waals surface area contributed by atoms with E-state index in [1.54, 1.807) is 25.2 Å². The highest BCUT2D eigenvalue weighted by molar-refractivity contribution is 7.92. The van der Waals surface area contributed by atoms with Gasteiger partial charge >= 0.3 is 0 Å². The van der Waals surface area contributed by atoms with Gasteiger partial charge < -0.3 is 5.73 Å². The maximum atomic E-state index is 12.1. The third kappa shape index (κ3) is 3.14. The number of sulfonamides is 1. The fourth-order valence-corrected chi connectivity index (χ4v) is 2.65. The van der Waals surface area contributed by atoms with Crippen molar-refractivity contribution in [1.29, 1.82) is 0 Å². The molecule has 0 aliphatic heterocycles. The highest BCUT2D eigenvalue weighted by Crippen LogP contribution is 2.13. The number of anilines is 1. The van der Waals surface area contributed by atoms with Gasteiger partial charge in [0.25, 0.3) is 10.0 Å². The molecule has 2 rings (SSSR count). The van der Waals surface area contributed by atoms with Crippen LogP contribution in [0.15, 0.2) is 35.5 Å². The molecule has 0 radical (unpaired) electrons. The normalized spacial score (nSPS) is 10.7. The Hall–Kier alpha value is -2.37. The van der Waals surface area contributed by atoms with Gasteiger partial charge in [-0.05, 0) is 24.1 Å². The van der Waals surface area contributed by atoms with Crippen LogP contribution in [0.1, 0.15) is 5.69 Å². The summed E-state index contributed by atoms with van der Waals surface area (Å²) in [6.45, 7) is 0.215. The zero-order valence-corrected chi connectivity index (χ0v) is 11.6. The van der Waals surface area contributed by atoms with Crippen molar-refractivity contribution < 1.29 is 8.42 Å². The summed E-state index contributed by atoms with van der Waals surface area (Å²) in [5.41, 5.74) is 5.72. The lowest BCUT2D eigenvalue weighted by molar-refractivity contribution is 0.582. The standard InChI is InChI=1S/C12H13N5O2S/c1-17-12(7-9-14-17)20(18,19)16-11-6-2-4-10(15-11)5-3-8-13/h2,4,6-7,9H,8,13H2,1H3,(H,15,16). The van der Waals surface area contributed by atoms with Crippen molar-refractivity contribution in [2.45, 2.75) is 5.03 Å². The van der Waals surface area contributed by atoms with E-state index in [1.807, 2.05) is 0 Å². The molecule has 20 heavy (non-hydrogen) atoms. The van der Waals surface area contributed by atoms with Crippen LogP contribution in [0, 0.1) is 11.8 Å². The van der Waals surface area contributed by atoms with E-state index < -0.39 is 10.0 Å². The first-order chi connectivity index (χ1) is 9.53. The molecule has 3 N–H and O–H groups in total. The Bertz CT molecular complexity index is 770. The molecule has 0 aliphatic carbocycles. The minimum Gasteiger partial charge on any atom is -0.320 e. The van der Waals surface area contributed by atoms with Crippen LogP contribution < -0.4 is 10.5 Å². The van der Waals surface area contributed by atoms with E-state index in [2.05, 4.69) is 26.6 Å². The molecule has 0 atom stereocenters. The molecule has 0 aliphatic rings. The molecule has 0 unspecified atom stereocenters. The van der Waals surface area contributed by atoms with Gasteiger partial charge in [-0.2, -0.15) is 13.5 Å². The van der Waals surface area contributed by atoms with Gasteiger partial charge in [-0.15, -0.1) is 0 Å². The maximum Gasteiger partial charge on any atom is 0.280 e. The molecule has 2 aromatic heterocycles. The van der Waals surface area contributed by atoms with Crippen LogP contribution in [-0.2, 0) is 17.1 Å². The van der Waals surface area contributed by atoms with Crippen LogP contribution in [0.25, 0.3) is 0 Å². The first-order valence-corrected chi connectivity index (χ1v) is 7.18. The number of hydrogen-bond donors (Lipinski definition) is 2. The van der Waals surface area contributed by atoms with Crippen molar-refractivity contribution in [1.82, 2.24) is 14.8 Å². The number of pyridine rings is 1. The maximum absolute atomic E-state index is 12.1. The van der Waals surface area contributed by atoms with Crippen LogP contribution in [0.3, 0.4) is 0 Å². The summed E-state index contributed by atoms with van der Waals surface area (Å²) in [6, 6.07) is 6.28. The van der Waals surface area contributed by atoms with Crippen LogP contribution in [0.5, 0.6) is 0 Å². The number of nitrogens with zero attached hydrogens (tertiary/aromatic N) is 3. The molecule has 8 heteroatoms. The average molecular weight is 291 g/mol. The zero-order chi connectivity index (χ0) is 14.6. The quantitative estimate of drug-likeness (QED) is 0.770. The van der Waals surface area contributed by atoms with Gasteiger partial charge in [0, 0.05) is 7.05 Å². The molecule has 7 nitrogen and oxygen atoms in total. The Labute approximate surface area is 116 Å². The fraction of sp³-hybridized carbons (Fsp3) is 0.167. The summed E-state index contributed by atoms with van der Waals surface area (Å²) >= 11 is 0. The van der Waals surface area contributed by atoms with E-state index in [4.69, 9.17) is 5.73 Å². The van der Waals surface area contributed by atoms with E-state index in [0.29, 0.717) is 5.69 Å². The minimum atomic E-state index is -3.72. The van der Waals surface area contributed by atoms with Crippen molar-refractivity contribution in [2.24, 2.45) is 12.8 Å². The predicted octanol–water partition coefficient (Wildman–Crippen LogP) is -0.0739. The second-order valence-corrected chi connectivity index (χ2v) is 5.44. The summed E-state index contributed by atoms with van der Waals surface area (Å²) < 4.78 is 27.9. The molecular weight excluding hydrogens is 278 g/mol. The number of aryl methyl sites for hydroxylation is 1. The van der Waals surface area contributed by atoms with Gasteiger partial charge in [0.2, 0.25) is 0 Å². The first-order valence-electron chi connectivity index (χ1n) is 5.70. The van der Waals surface area contributed by atoms with Crippen LogP contribution in [0.4, 0.5) is 5.82 Å². The van der Waals surface area contributed by atoms with Crippen LogP contribution >= 0.6 is 0 Å².